The van der Waals surface area contributed by atoms with Gasteiger partial charge in [0.2, 0.25) is 5.91 Å². The van der Waals surface area contributed by atoms with Gasteiger partial charge in [-0.05, 0) is 74.8 Å². The number of hydrogen-bond donors (Lipinski definition) is 2. The zero-order valence-corrected chi connectivity index (χ0v) is 35.1. The Morgan fingerprint density at radius 1 is 1.05 bits per heavy atom. The summed E-state index contributed by atoms with van der Waals surface area (Å²) in [5.41, 5.74) is -0.0786. The van der Waals surface area contributed by atoms with Gasteiger partial charge < -0.3 is 34.3 Å². The van der Waals surface area contributed by atoms with E-state index in [1.165, 1.54) is 22.7 Å². The average Bonchev–Trinajstić information content (AvgIpc) is 3.83. The van der Waals surface area contributed by atoms with Crippen molar-refractivity contribution in [1.82, 2.24) is 14.9 Å². The predicted molar refractivity (Wildman–Crippen MR) is 220 cm³/mol. The molecule has 7 rings (SSSR count). The normalized spacial score (nSPS) is 26.6. The molecule has 2 N–H and O–H groups in total. The van der Waals surface area contributed by atoms with Gasteiger partial charge in [0.1, 0.15) is 36.0 Å². The van der Waals surface area contributed by atoms with E-state index in [0.717, 1.165) is 18.0 Å². The number of carboxylic acid groups (broad SMARTS) is 1. The molecule has 1 aromatic carbocycles. The zero-order valence-electron chi connectivity index (χ0n) is 34.3. The van der Waals surface area contributed by atoms with Gasteiger partial charge in [0.25, 0.3) is 0 Å². The van der Waals surface area contributed by atoms with E-state index >= 15 is 0 Å². The van der Waals surface area contributed by atoms with Crippen molar-refractivity contribution < 1.29 is 43.2 Å². The molecular formula is C44H56N4O9S. The Hall–Kier alpha value is -4.56. The molecule has 312 valence electrons. The fourth-order valence-corrected chi connectivity index (χ4v) is 9.62. The number of aliphatic carboxylic acids is 1. The molecule has 0 bridgehead atoms. The summed E-state index contributed by atoms with van der Waals surface area (Å²) in [6.45, 7) is 14.4. The van der Waals surface area contributed by atoms with E-state index in [1.54, 1.807) is 13.2 Å². The summed E-state index contributed by atoms with van der Waals surface area (Å²) in [5.74, 6) is -0.929. The number of ketones is 1. The number of amides is 1. The lowest BCUT2D eigenvalue weighted by Gasteiger charge is -2.35. The van der Waals surface area contributed by atoms with Crippen LogP contribution in [-0.2, 0) is 28.7 Å². The summed E-state index contributed by atoms with van der Waals surface area (Å²) in [6, 6.07) is 6.57. The van der Waals surface area contributed by atoms with E-state index < -0.39 is 40.8 Å². The second kappa shape index (κ2) is 16.6. The van der Waals surface area contributed by atoms with Crippen LogP contribution in [-0.4, -0.2) is 94.8 Å². The molecule has 3 aromatic rings. The Bertz CT molecular complexity index is 2050. The molecule has 0 spiro atoms. The van der Waals surface area contributed by atoms with Crippen LogP contribution in [0.4, 0.5) is 5.13 Å². The van der Waals surface area contributed by atoms with Crippen molar-refractivity contribution in [3.8, 4) is 22.9 Å². The van der Waals surface area contributed by atoms with Crippen LogP contribution in [0.3, 0.4) is 0 Å². The fourth-order valence-electron chi connectivity index (χ4n) is 8.77. The second-order valence-electron chi connectivity index (χ2n) is 18.0. The van der Waals surface area contributed by atoms with Gasteiger partial charge in [-0.25, -0.2) is 9.97 Å². The Morgan fingerprint density at radius 2 is 1.81 bits per heavy atom. The van der Waals surface area contributed by atoms with Crippen LogP contribution in [0, 0.1) is 34.5 Å². The predicted octanol–water partition coefficient (Wildman–Crippen LogP) is 7.18. The molecule has 8 atom stereocenters. The number of carbonyl (C=O) groups excluding carboxylic acids is 3. The number of nitrogens with one attached hydrogen (secondary N) is 1. The number of aromatic nitrogens is 2. The molecule has 2 unspecified atom stereocenters. The molecule has 14 heteroatoms. The number of hydrogen-bond acceptors (Lipinski definition) is 12. The molecule has 4 aliphatic rings. The number of ether oxygens (including phenoxy) is 4. The first-order valence-electron chi connectivity index (χ1n) is 20.4. The highest BCUT2D eigenvalue weighted by Gasteiger charge is 2.61. The van der Waals surface area contributed by atoms with Crippen LogP contribution in [0.5, 0.6) is 11.5 Å². The number of rotatable bonds is 18. The van der Waals surface area contributed by atoms with E-state index in [1.807, 2.05) is 64.3 Å². The number of nitrogens with zero attached hydrogens (tertiary/aromatic N) is 3. The standard InChI is InChI=1S/C44H56N4O9S/c1-8-27-20-44(27,41(52)53)21-37(49)36-17-30(22-48(36)40(51)32(43(4,5)6)18-39(50)57-29-14-25-13-26(25)15-29)56-38-19-34(35-23-58-42(47-35)45-24(2)3)46-33-16-28(9-10-31(33)38)55-12-11-54-7/h8-10,16,19,23-27,29-30,32,36H,1,11-15,17-18,20-22H2,2-7H3,(H,45,47)(H,52,53)/t25-,26+,27-,29?,30-,32-,36?,44-/m1/s1. The highest BCUT2D eigenvalue weighted by atomic mass is 32.1. The van der Waals surface area contributed by atoms with Gasteiger partial charge in [-0.2, -0.15) is 0 Å². The van der Waals surface area contributed by atoms with Crippen LogP contribution in [0.25, 0.3) is 22.3 Å². The van der Waals surface area contributed by atoms with Crippen molar-refractivity contribution in [3.63, 3.8) is 0 Å². The molecule has 58 heavy (non-hydrogen) atoms. The second-order valence-corrected chi connectivity index (χ2v) is 18.8. The third-order valence-corrected chi connectivity index (χ3v) is 13.0. The smallest absolute Gasteiger partial charge is 0.310 e. The number of pyridine rings is 1. The fraction of sp³-hybridized carbons (Fsp3) is 0.591. The number of esters is 1. The molecular weight excluding hydrogens is 761 g/mol. The Balaban J connectivity index is 1.19. The van der Waals surface area contributed by atoms with Crippen LogP contribution in [0.1, 0.15) is 79.6 Å². The lowest BCUT2D eigenvalue weighted by molar-refractivity contribution is -0.157. The van der Waals surface area contributed by atoms with E-state index in [0.29, 0.717) is 65.3 Å². The minimum absolute atomic E-state index is 0.0599. The van der Waals surface area contributed by atoms with Gasteiger partial charge in [-0.3, -0.25) is 19.2 Å². The molecule has 3 heterocycles. The maximum atomic E-state index is 14.8. The number of likely N-dealkylation sites (tertiary alicyclic amines) is 1. The largest absolute Gasteiger partial charge is 0.491 e. The number of carboxylic acids is 1. The molecule has 4 fully saturated rings. The van der Waals surface area contributed by atoms with Crippen molar-refractivity contribution in [2.24, 2.45) is 34.5 Å². The van der Waals surface area contributed by atoms with Crippen LogP contribution < -0.4 is 14.8 Å². The van der Waals surface area contributed by atoms with Crippen LogP contribution in [0.2, 0.25) is 0 Å². The lowest BCUT2D eigenvalue weighted by Crippen LogP contribution is -2.48. The lowest BCUT2D eigenvalue weighted by atomic mass is 9.77. The quantitative estimate of drug-likeness (QED) is 0.0756. The summed E-state index contributed by atoms with van der Waals surface area (Å²) >= 11 is 1.47. The molecule has 1 saturated heterocycles. The molecule has 3 aliphatic carbocycles. The van der Waals surface area contributed by atoms with Crippen molar-refractivity contribution in [2.75, 3.05) is 32.2 Å². The Morgan fingerprint density at radius 3 is 2.47 bits per heavy atom. The highest BCUT2D eigenvalue weighted by Crippen LogP contribution is 2.57. The number of allylic oxidation sites excluding steroid dienone is 1. The van der Waals surface area contributed by atoms with Crippen molar-refractivity contribution in [1.29, 1.82) is 0 Å². The van der Waals surface area contributed by atoms with Gasteiger partial charge in [-0.1, -0.05) is 26.8 Å². The van der Waals surface area contributed by atoms with Gasteiger partial charge in [0.15, 0.2) is 10.9 Å². The maximum absolute atomic E-state index is 14.8. The average molecular weight is 817 g/mol. The molecule has 0 radical (unpaired) electrons. The Labute approximate surface area is 343 Å². The van der Waals surface area contributed by atoms with Gasteiger partial charge in [0.05, 0.1) is 48.2 Å². The first kappa shape index (κ1) is 41.6. The molecule has 1 amide bonds. The first-order chi connectivity index (χ1) is 27.6. The molecule has 1 aliphatic heterocycles. The topological polar surface area (TPSA) is 166 Å². The van der Waals surface area contributed by atoms with Crippen molar-refractivity contribution in [2.45, 2.75) is 104 Å². The number of thiazole rings is 1. The highest BCUT2D eigenvalue weighted by molar-refractivity contribution is 7.14. The third-order valence-electron chi connectivity index (χ3n) is 12.2. The number of carbonyl (C=O) groups is 4. The maximum Gasteiger partial charge on any atom is 0.310 e. The molecule has 3 saturated carbocycles. The van der Waals surface area contributed by atoms with E-state index in [9.17, 15) is 24.3 Å². The minimum atomic E-state index is -1.25. The molecule has 13 nitrogen and oxygen atoms in total. The van der Waals surface area contributed by atoms with Gasteiger partial charge in [0, 0.05) is 48.9 Å². The van der Waals surface area contributed by atoms with Crippen molar-refractivity contribution in [3.05, 3.63) is 42.3 Å². The minimum Gasteiger partial charge on any atom is -0.491 e. The van der Waals surface area contributed by atoms with Crippen LogP contribution >= 0.6 is 11.3 Å². The number of fused-ring (bicyclic) bond motifs is 2. The van der Waals surface area contributed by atoms with Crippen LogP contribution in [0.15, 0.2) is 42.3 Å². The number of anilines is 1. The zero-order chi connectivity index (χ0) is 41.5. The van der Waals surface area contributed by atoms with E-state index in [2.05, 4.69) is 11.9 Å². The molecule has 2 aromatic heterocycles. The van der Waals surface area contributed by atoms with Gasteiger partial charge >= 0.3 is 11.9 Å². The van der Waals surface area contributed by atoms with Crippen molar-refractivity contribution >= 4 is 51.0 Å². The number of Topliss-reactive ketones (excluding diaryl/α,β-unsaturated/α-hetero) is 1. The summed E-state index contributed by atoms with van der Waals surface area (Å²) in [6.07, 6.45) is 3.85. The summed E-state index contributed by atoms with van der Waals surface area (Å²) in [7, 11) is 1.61. The van der Waals surface area contributed by atoms with E-state index in [4.69, 9.17) is 28.9 Å². The SMILES string of the molecule is C=C[C@@H]1C[C@]1(CC(=O)C1C[C@@H](Oc2cc(-c3csc(NC(C)C)n3)nc3cc(OCCOC)ccc23)CN1C(=O)[C@@H](CC(=O)OC1C[C@@H]2C[C@@H]2C1)C(C)(C)C)C(=O)O. The number of methoxy groups -OCH3 is 1. The monoisotopic (exact) mass is 816 g/mol. The van der Waals surface area contributed by atoms with E-state index in [-0.39, 0.29) is 55.6 Å². The Kier molecular flexibility index (Phi) is 11.9. The summed E-state index contributed by atoms with van der Waals surface area (Å²) < 4.78 is 23.7. The first-order valence-corrected chi connectivity index (χ1v) is 21.3. The van der Waals surface area contributed by atoms with Gasteiger partial charge in [-0.15, -0.1) is 17.9 Å². The third kappa shape index (κ3) is 9.02. The number of benzene rings is 1. The summed E-state index contributed by atoms with van der Waals surface area (Å²) in [4.78, 5) is 66.2. The summed E-state index contributed by atoms with van der Waals surface area (Å²) in [5, 5.41) is 16.9.